The topological polar surface area (TPSA) is 79.5 Å². The molecule has 0 bridgehead atoms. The zero-order valence-corrected chi connectivity index (χ0v) is 17.3. The molecule has 148 valence electrons. The highest BCUT2D eigenvalue weighted by Gasteiger charge is 2.23. The fraction of sp³-hybridized carbons (Fsp3) is 0.600. The van der Waals surface area contributed by atoms with Crippen LogP contribution in [0.5, 0.6) is 0 Å². The number of carbonyl (C=O) groups excluding carboxylic acids is 2. The molecule has 2 fully saturated rings. The van der Waals surface area contributed by atoms with E-state index in [1.807, 2.05) is 18.2 Å². The number of amides is 2. The Kier molecular flexibility index (Phi) is 7.13. The summed E-state index contributed by atoms with van der Waals surface area (Å²) in [7, 11) is 1.77. The first kappa shape index (κ1) is 20.1. The standard InChI is InChI=1S/C20H28BrN3O3/c1-27-16-8-6-14(7-9-16)22-17-10-5-13(21)11-18(17)24-20(26)12-15-3-2-4-19(25)23-15/h5,10-11,14-16,22H,2-4,6-9,12H2,1H3,(H,23,25)(H,24,26)/t14?,15-,16?/m0/s1. The summed E-state index contributed by atoms with van der Waals surface area (Å²) in [6.45, 7) is 0. The van der Waals surface area contributed by atoms with Gasteiger partial charge in [0.2, 0.25) is 11.8 Å². The van der Waals surface area contributed by atoms with E-state index in [0.717, 1.165) is 54.4 Å². The smallest absolute Gasteiger partial charge is 0.226 e. The summed E-state index contributed by atoms with van der Waals surface area (Å²) in [5, 5.41) is 9.49. The van der Waals surface area contributed by atoms with Gasteiger partial charge in [-0.2, -0.15) is 0 Å². The fourth-order valence-electron chi connectivity index (χ4n) is 3.87. The first-order valence-electron chi connectivity index (χ1n) is 9.71. The molecule has 1 aromatic rings. The van der Waals surface area contributed by atoms with Gasteiger partial charge in [-0.1, -0.05) is 15.9 Å². The van der Waals surface area contributed by atoms with Crippen LogP contribution in [0.3, 0.4) is 0 Å². The van der Waals surface area contributed by atoms with Crippen LogP contribution in [0.25, 0.3) is 0 Å². The number of methoxy groups -OCH3 is 1. The van der Waals surface area contributed by atoms with E-state index in [-0.39, 0.29) is 17.9 Å². The molecule has 1 aromatic carbocycles. The number of nitrogens with one attached hydrogen (secondary N) is 3. The molecule has 6 nitrogen and oxygen atoms in total. The Balaban J connectivity index is 1.60. The first-order valence-corrected chi connectivity index (χ1v) is 10.5. The van der Waals surface area contributed by atoms with E-state index < -0.39 is 0 Å². The Bertz CT molecular complexity index is 674. The molecule has 2 amide bonds. The second-order valence-corrected chi connectivity index (χ2v) is 8.37. The maximum Gasteiger partial charge on any atom is 0.226 e. The molecule has 1 atom stereocenters. The summed E-state index contributed by atoms with van der Waals surface area (Å²) in [4.78, 5) is 24.0. The quantitative estimate of drug-likeness (QED) is 0.631. The van der Waals surface area contributed by atoms with Gasteiger partial charge < -0.3 is 20.7 Å². The molecular formula is C20H28BrN3O3. The third-order valence-electron chi connectivity index (χ3n) is 5.38. The predicted octanol–water partition coefficient (Wildman–Crippen LogP) is 3.82. The average molecular weight is 438 g/mol. The number of ether oxygens (including phenoxy) is 1. The number of hydrogen-bond donors (Lipinski definition) is 3. The Labute approximate surface area is 168 Å². The molecule has 27 heavy (non-hydrogen) atoms. The van der Waals surface area contributed by atoms with E-state index in [1.165, 1.54) is 0 Å². The van der Waals surface area contributed by atoms with Crippen LogP contribution in [-0.2, 0) is 14.3 Å². The molecule has 1 aliphatic heterocycles. The van der Waals surface area contributed by atoms with Crippen LogP contribution in [0, 0.1) is 0 Å². The number of benzene rings is 1. The van der Waals surface area contributed by atoms with Gasteiger partial charge in [0.25, 0.3) is 0 Å². The van der Waals surface area contributed by atoms with E-state index in [4.69, 9.17) is 4.74 Å². The minimum absolute atomic E-state index is 0.0375. The van der Waals surface area contributed by atoms with Crippen molar-refractivity contribution in [2.24, 2.45) is 0 Å². The Morgan fingerprint density at radius 1 is 1.22 bits per heavy atom. The molecule has 0 spiro atoms. The lowest BCUT2D eigenvalue weighted by atomic mass is 9.92. The minimum atomic E-state index is -0.0774. The van der Waals surface area contributed by atoms with Gasteiger partial charge in [-0.3, -0.25) is 9.59 Å². The number of piperidine rings is 1. The second kappa shape index (κ2) is 9.55. The molecule has 1 saturated heterocycles. The highest BCUT2D eigenvalue weighted by molar-refractivity contribution is 9.10. The lowest BCUT2D eigenvalue weighted by Gasteiger charge is -2.29. The van der Waals surface area contributed by atoms with Crippen LogP contribution < -0.4 is 16.0 Å². The third-order valence-corrected chi connectivity index (χ3v) is 5.87. The van der Waals surface area contributed by atoms with Crippen molar-refractivity contribution in [1.82, 2.24) is 5.32 Å². The summed E-state index contributed by atoms with van der Waals surface area (Å²) in [6, 6.07) is 6.19. The lowest BCUT2D eigenvalue weighted by Crippen LogP contribution is -2.40. The first-order chi connectivity index (χ1) is 13.0. The zero-order chi connectivity index (χ0) is 19.2. The summed E-state index contributed by atoms with van der Waals surface area (Å²) >= 11 is 3.48. The van der Waals surface area contributed by atoms with Crippen molar-refractivity contribution in [3.8, 4) is 0 Å². The van der Waals surface area contributed by atoms with E-state index >= 15 is 0 Å². The molecule has 0 radical (unpaired) electrons. The van der Waals surface area contributed by atoms with E-state index in [9.17, 15) is 9.59 Å². The van der Waals surface area contributed by atoms with Crippen LogP contribution in [0.15, 0.2) is 22.7 Å². The lowest BCUT2D eigenvalue weighted by molar-refractivity contribution is -0.124. The van der Waals surface area contributed by atoms with Crippen molar-refractivity contribution < 1.29 is 14.3 Å². The predicted molar refractivity (Wildman–Crippen MR) is 110 cm³/mol. The van der Waals surface area contributed by atoms with Crippen LogP contribution in [0.2, 0.25) is 0 Å². The van der Waals surface area contributed by atoms with Crippen LogP contribution in [-0.4, -0.2) is 37.1 Å². The highest BCUT2D eigenvalue weighted by atomic mass is 79.9. The van der Waals surface area contributed by atoms with E-state index in [0.29, 0.717) is 25.0 Å². The maximum atomic E-state index is 12.5. The van der Waals surface area contributed by atoms with Crippen LogP contribution >= 0.6 is 15.9 Å². The summed E-state index contributed by atoms with van der Waals surface area (Å²) in [5.74, 6) is -0.0398. The average Bonchev–Trinajstić information content (AvgIpc) is 2.64. The monoisotopic (exact) mass is 437 g/mol. The van der Waals surface area contributed by atoms with Crippen LogP contribution in [0.1, 0.15) is 51.4 Å². The minimum Gasteiger partial charge on any atom is -0.381 e. The molecular weight excluding hydrogens is 410 g/mol. The van der Waals surface area contributed by atoms with Crippen molar-refractivity contribution in [3.63, 3.8) is 0 Å². The largest absolute Gasteiger partial charge is 0.381 e. The molecule has 2 aliphatic rings. The Morgan fingerprint density at radius 3 is 2.70 bits per heavy atom. The molecule has 3 rings (SSSR count). The normalized spacial score (nSPS) is 25.6. The van der Waals surface area contributed by atoms with Gasteiger partial charge in [-0.25, -0.2) is 0 Å². The number of carbonyl (C=O) groups is 2. The molecule has 1 saturated carbocycles. The SMILES string of the molecule is COC1CCC(Nc2ccc(Br)cc2NC(=O)C[C@@H]2CCCC(=O)N2)CC1. The Morgan fingerprint density at radius 2 is 2.00 bits per heavy atom. The number of rotatable bonds is 6. The molecule has 7 heteroatoms. The molecule has 1 heterocycles. The fourth-order valence-corrected chi connectivity index (χ4v) is 4.23. The summed E-state index contributed by atoms with van der Waals surface area (Å²) < 4.78 is 6.35. The summed E-state index contributed by atoms with van der Waals surface area (Å²) in [6.07, 6.45) is 7.12. The van der Waals surface area contributed by atoms with Gasteiger partial charge in [-0.05, 0) is 56.7 Å². The Hall–Kier alpha value is -1.60. The van der Waals surface area contributed by atoms with Crippen molar-refractivity contribution >= 4 is 39.1 Å². The van der Waals surface area contributed by atoms with E-state index in [1.54, 1.807) is 7.11 Å². The summed E-state index contributed by atoms with van der Waals surface area (Å²) in [5.41, 5.74) is 1.70. The van der Waals surface area contributed by atoms with Crippen molar-refractivity contribution in [2.75, 3.05) is 17.7 Å². The molecule has 0 aromatic heterocycles. The van der Waals surface area contributed by atoms with Crippen molar-refractivity contribution in [2.45, 2.75) is 69.6 Å². The van der Waals surface area contributed by atoms with E-state index in [2.05, 4.69) is 31.9 Å². The second-order valence-electron chi connectivity index (χ2n) is 7.45. The zero-order valence-electron chi connectivity index (χ0n) is 15.7. The van der Waals surface area contributed by atoms with Gasteiger partial charge in [0.05, 0.1) is 17.5 Å². The van der Waals surface area contributed by atoms with Gasteiger partial charge in [-0.15, -0.1) is 0 Å². The van der Waals surface area contributed by atoms with Crippen LogP contribution in [0.4, 0.5) is 11.4 Å². The van der Waals surface area contributed by atoms with Gasteiger partial charge in [0, 0.05) is 36.5 Å². The number of halogens is 1. The number of hydrogen-bond acceptors (Lipinski definition) is 4. The molecule has 0 unspecified atom stereocenters. The molecule has 1 aliphatic carbocycles. The van der Waals surface area contributed by atoms with Gasteiger partial charge in [0.15, 0.2) is 0 Å². The van der Waals surface area contributed by atoms with Crippen molar-refractivity contribution in [3.05, 3.63) is 22.7 Å². The molecule has 3 N–H and O–H groups in total. The van der Waals surface area contributed by atoms with Crippen molar-refractivity contribution in [1.29, 1.82) is 0 Å². The van der Waals surface area contributed by atoms with Gasteiger partial charge >= 0.3 is 0 Å². The van der Waals surface area contributed by atoms with Gasteiger partial charge in [0.1, 0.15) is 0 Å². The maximum absolute atomic E-state index is 12.5. The third kappa shape index (κ3) is 5.94. The highest BCUT2D eigenvalue weighted by Crippen LogP contribution is 2.30. The number of anilines is 2.